The van der Waals surface area contributed by atoms with Gasteiger partial charge in [-0.05, 0) is 36.8 Å². The maximum Gasteiger partial charge on any atom is 0.0991 e. The highest BCUT2D eigenvalue weighted by Gasteiger charge is 2.03. The molecule has 2 rings (SSSR count). The zero-order valence-corrected chi connectivity index (χ0v) is 9.72. The van der Waals surface area contributed by atoms with E-state index >= 15 is 0 Å². The molecule has 0 aliphatic heterocycles. The fraction of sp³-hybridized carbons (Fsp3) is 0.133. The van der Waals surface area contributed by atoms with Gasteiger partial charge in [0.15, 0.2) is 0 Å². The van der Waals surface area contributed by atoms with Gasteiger partial charge in [-0.1, -0.05) is 30.3 Å². The molecule has 0 radical (unpaired) electrons. The van der Waals surface area contributed by atoms with Gasteiger partial charge >= 0.3 is 0 Å². The van der Waals surface area contributed by atoms with Crippen LogP contribution in [-0.4, -0.2) is 0 Å². The van der Waals surface area contributed by atoms with Crippen molar-refractivity contribution in [3.63, 3.8) is 0 Å². The molecule has 2 heteroatoms. The Balaban J connectivity index is 2.08. The number of nitrogens with zero attached hydrogens (tertiary/aromatic N) is 1. The van der Waals surface area contributed by atoms with Crippen LogP contribution < -0.4 is 5.32 Å². The normalized spacial score (nSPS) is 11.5. The van der Waals surface area contributed by atoms with E-state index in [1.165, 1.54) is 5.56 Å². The van der Waals surface area contributed by atoms with E-state index in [-0.39, 0.29) is 6.04 Å². The van der Waals surface area contributed by atoms with E-state index < -0.39 is 0 Å². The molecule has 2 aromatic rings. The van der Waals surface area contributed by atoms with Crippen molar-refractivity contribution in [1.82, 2.24) is 0 Å². The summed E-state index contributed by atoms with van der Waals surface area (Å²) in [5.41, 5.74) is 2.96. The van der Waals surface area contributed by atoms with Crippen molar-refractivity contribution in [1.29, 1.82) is 5.26 Å². The molecule has 0 amide bonds. The van der Waals surface area contributed by atoms with Crippen molar-refractivity contribution >= 4 is 5.69 Å². The number of rotatable bonds is 3. The molecule has 0 aromatic heterocycles. The molecular weight excluding hydrogens is 208 g/mol. The van der Waals surface area contributed by atoms with Crippen molar-refractivity contribution in [3.05, 3.63) is 65.7 Å². The largest absolute Gasteiger partial charge is 0.379 e. The Labute approximate surface area is 102 Å². The second kappa shape index (κ2) is 5.18. The van der Waals surface area contributed by atoms with Gasteiger partial charge in [-0.3, -0.25) is 0 Å². The third-order valence-electron chi connectivity index (χ3n) is 2.70. The Kier molecular flexibility index (Phi) is 3.42. The number of nitrogens with one attached hydrogen (secondary N) is 1. The molecule has 0 unspecified atom stereocenters. The van der Waals surface area contributed by atoms with Gasteiger partial charge < -0.3 is 5.32 Å². The maximum absolute atomic E-state index is 8.72. The lowest BCUT2D eigenvalue weighted by Gasteiger charge is -2.15. The fourth-order valence-electron chi connectivity index (χ4n) is 1.72. The number of benzene rings is 2. The topological polar surface area (TPSA) is 35.8 Å². The smallest absolute Gasteiger partial charge is 0.0991 e. The van der Waals surface area contributed by atoms with E-state index in [4.69, 9.17) is 5.26 Å². The van der Waals surface area contributed by atoms with Gasteiger partial charge in [0, 0.05) is 11.7 Å². The van der Waals surface area contributed by atoms with Gasteiger partial charge in [0.25, 0.3) is 0 Å². The minimum atomic E-state index is 0.254. The molecular formula is C15H14N2. The van der Waals surface area contributed by atoms with Gasteiger partial charge in [-0.15, -0.1) is 0 Å². The average Bonchev–Trinajstić information content (AvgIpc) is 2.40. The maximum atomic E-state index is 8.72. The van der Waals surface area contributed by atoms with Crippen LogP contribution in [0.2, 0.25) is 0 Å². The summed E-state index contributed by atoms with van der Waals surface area (Å²) in [6.45, 7) is 2.12. The summed E-state index contributed by atoms with van der Waals surface area (Å²) in [6.07, 6.45) is 0. The van der Waals surface area contributed by atoms with Crippen LogP contribution in [-0.2, 0) is 0 Å². The summed E-state index contributed by atoms with van der Waals surface area (Å²) >= 11 is 0. The van der Waals surface area contributed by atoms with E-state index in [2.05, 4.69) is 30.4 Å². The highest BCUT2D eigenvalue weighted by molar-refractivity contribution is 5.48. The van der Waals surface area contributed by atoms with E-state index in [9.17, 15) is 0 Å². The van der Waals surface area contributed by atoms with E-state index in [0.717, 1.165) is 5.69 Å². The van der Waals surface area contributed by atoms with Gasteiger partial charge in [0.1, 0.15) is 0 Å². The zero-order valence-electron chi connectivity index (χ0n) is 9.72. The highest BCUT2D eigenvalue weighted by Crippen LogP contribution is 2.18. The number of nitriles is 1. The molecule has 17 heavy (non-hydrogen) atoms. The lowest BCUT2D eigenvalue weighted by molar-refractivity contribution is 0.885. The lowest BCUT2D eigenvalue weighted by Crippen LogP contribution is -2.06. The molecule has 1 atom stereocenters. The first-order valence-corrected chi connectivity index (χ1v) is 5.61. The molecule has 0 bridgehead atoms. The van der Waals surface area contributed by atoms with E-state index in [1.54, 1.807) is 0 Å². The molecule has 0 saturated carbocycles. The van der Waals surface area contributed by atoms with Gasteiger partial charge in [-0.25, -0.2) is 0 Å². The van der Waals surface area contributed by atoms with Crippen LogP contribution in [0.5, 0.6) is 0 Å². The van der Waals surface area contributed by atoms with Crippen molar-refractivity contribution in [2.45, 2.75) is 13.0 Å². The molecule has 84 valence electrons. The van der Waals surface area contributed by atoms with Crippen molar-refractivity contribution in [3.8, 4) is 6.07 Å². The summed E-state index contributed by atoms with van der Waals surface area (Å²) < 4.78 is 0. The summed E-state index contributed by atoms with van der Waals surface area (Å²) in [6, 6.07) is 20.1. The highest BCUT2D eigenvalue weighted by atomic mass is 14.9. The number of hydrogen-bond acceptors (Lipinski definition) is 2. The minimum Gasteiger partial charge on any atom is -0.379 e. The molecule has 0 saturated heterocycles. The Morgan fingerprint density at radius 3 is 2.24 bits per heavy atom. The molecule has 0 heterocycles. The van der Waals surface area contributed by atoms with E-state index in [1.807, 2.05) is 42.5 Å². The Morgan fingerprint density at radius 1 is 1.00 bits per heavy atom. The standard InChI is InChI=1S/C15H14N2/c1-12(14-5-3-2-4-6-14)17-15-9-7-13(11-16)8-10-15/h2-10,12,17H,1H3/t12-/m1/s1. The van der Waals surface area contributed by atoms with Crippen LogP contribution >= 0.6 is 0 Å². The summed E-state index contributed by atoms with van der Waals surface area (Å²) in [5.74, 6) is 0. The summed E-state index contributed by atoms with van der Waals surface area (Å²) in [5, 5.41) is 12.1. The van der Waals surface area contributed by atoms with Gasteiger partial charge in [-0.2, -0.15) is 5.26 Å². The van der Waals surface area contributed by atoms with Crippen LogP contribution in [0.25, 0.3) is 0 Å². The summed E-state index contributed by atoms with van der Waals surface area (Å²) in [4.78, 5) is 0. The van der Waals surface area contributed by atoms with Crippen LogP contribution in [0.15, 0.2) is 54.6 Å². The zero-order chi connectivity index (χ0) is 12.1. The molecule has 1 N–H and O–H groups in total. The SMILES string of the molecule is C[C@@H](Nc1ccc(C#N)cc1)c1ccccc1. The third-order valence-corrected chi connectivity index (χ3v) is 2.70. The first-order valence-electron chi connectivity index (χ1n) is 5.61. The van der Waals surface area contributed by atoms with Gasteiger partial charge in [0.05, 0.1) is 11.6 Å². The quantitative estimate of drug-likeness (QED) is 0.858. The Hall–Kier alpha value is -2.27. The molecule has 2 aromatic carbocycles. The van der Waals surface area contributed by atoms with Gasteiger partial charge in [0.2, 0.25) is 0 Å². The molecule has 0 aliphatic rings. The van der Waals surface area contributed by atoms with Crippen LogP contribution in [0, 0.1) is 11.3 Å². The van der Waals surface area contributed by atoms with Crippen molar-refractivity contribution < 1.29 is 0 Å². The van der Waals surface area contributed by atoms with Crippen LogP contribution in [0.1, 0.15) is 24.1 Å². The van der Waals surface area contributed by atoms with Crippen molar-refractivity contribution in [2.24, 2.45) is 0 Å². The second-order valence-electron chi connectivity index (χ2n) is 3.97. The fourth-order valence-corrected chi connectivity index (χ4v) is 1.72. The first kappa shape index (κ1) is 11.2. The minimum absolute atomic E-state index is 0.254. The predicted molar refractivity (Wildman–Crippen MR) is 69.6 cm³/mol. The Morgan fingerprint density at radius 2 is 1.65 bits per heavy atom. The molecule has 2 nitrogen and oxygen atoms in total. The van der Waals surface area contributed by atoms with Crippen LogP contribution in [0.4, 0.5) is 5.69 Å². The molecule has 0 fully saturated rings. The summed E-state index contributed by atoms with van der Waals surface area (Å²) in [7, 11) is 0. The first-order chi connectivity index (χ1) is 8.29. The third kappa shape index (κ3) is 2.85. The molecule has 0 aliphatic carbocycles. The number of anilines is 1. The second-order valence-corrected chi connectivity index (χ2v) is 3.97. The predicted octanol–water partition coefficient (Wildman–Crippen LogP) is 3.73. The average molecular weight is 222 g/mol. The lowest BCUT2D eigenvalue weighted by atomic mass is 10.1. The van der Waals surface area contributed by atoms with Crippen LogP contribution in [0.3, 0.4) is 0 Å². The van der Waals surface area contributed by atoms with Crippen molar-refractivity contribution in [2.75, 3.05) is 5.32 Å². The molecule has 0 spiro atoms. The number of hydrogen-bond donors (Lipinski definition) is 1. The monoisotopic (exact) mass is 222 g/mol. The Bertz CT molecular complexity index is 509. The van der Waals surface area contributed by atoms with E-state index in [0.29, 0.717) is 5.56 Å².